The van der Waals surface area contributed by atoms with E-state index in [-0.39, 0.29) is 5.91 Å². The maximum Gasteiger partial charge on any atom is 0.239 e. The highest BCUT2D eigenvalue weighted by Gasteiger charge is 2.03. The van der Waals surface area contributed by atoms with Gasteiger partial charge in [0.1, 0.15) is 12.4 Å². The molecular weight excluding hydrogens is 280 g/mol. The Balaban J connectivity index is 1.73. The van der Waals surface area contributed by atoms with Crippen LogP contribution >= 0.6 is 0 Å². The first-order valence-corrected chi connectivity index (χ1v) is 7.38. The summed E-state index contributed by atoms with van der Waals surface area (Å²) in [4.78, 5) is 20.4. The van der Waals surface area contributed by atoms with Gasteiger partial charge in [-0.25, -0.2) is 4.98 Å². The molecule has 118 valence electrons. The van der Waals surface area contributed by atoms with Gasteiger partial charge in [0, 0.05) is 43.8 Å². The van der Waals surface area contributed by atoms with Crippen molar-refractivity contribution in [3.8, 4) is 0 Å². The highest BCUT2D eigenvalue weighted by Crippen LogP contribution is 2.08. The molecule has 0 aliphatic heterocycles. The minimum atomic E-state index is -0.0171. The molecule has 0 aliphatic carbocycles. The lowest BCUT2D eigenvalue weighted by atomic mass is 10.4. The van der Waals surface area contributed by atoms with Crippen molar-refractivity contribution in [3.05, 3.63) is 36.3 Å². The van der Waals surface area contributed by atoms with Gasteiger partial charge < -0.3 is 20.5 Å². The van der Waals surface area contributed by atoms with Crippen LogP contribution < -0.4 is 16.0 Å². The fraction of sp³-hybridized carbons (Fsp3) is 0.400. The molecule has 2 aromatic rings. The molecule has 0 bridgehead atoms. The lowest BCUT2D eigenvalue weighted by molar-refractivity contribution is -0.121. The van der Waals surface area contributed by atoms with Crippen LogP contribution in [0.4, 0.5) is 11.8 Å². The Labute approximate surface area is 130 Å². The second kappa shape index (κ2) is 8.02. The first-order chi connectivity index (χ1) is 10.7. The number of carbonyl (C=O) groups excluding carboxylic acids is 1. The summed E-state index contributed by atoms with van der Waals surface area (Å²) in [6.07, 6.45) is 3.72. The standard InChI is InChI=1S/C15H22N6O/c1-3-16-13-10-12(2)19-15(20-13)18-7-6-17-14(22)11-21-8-4-5-9-21/h4-5,8-10H,3,6-7,11H2,1-2H3,(H,17,22)(H2,16,18,19,20). The summed E-state index contributed by atoms with van der Waals surface area (Å²) >= 11 is 0. The summed E-state index contributed by atoms with van der Waals surface area (Å²) in [7, 11) is 0. The fourth-order valence-electron chi connectivity index (χ4n) is 1.99. The molecule has 0 aromatic carbocycles. The number of nitrogens with one attached hydrogen (secondary N) is 3. The molecule has 0 spiro atoms. The highest BCUT2D eigenvalue weighted by atomic mass is 16.1. The molecule has 7 nitrogen and oxygen atoms in total. The van der Waals surface area contributed by atoms with Crippen molar-refractivity contribution in [1.82, 2.24) is 19.9 Å². The number of hydrogen-bond donors (Lipinski definition) is 3. The first-order valence-electron chi connectivity index (χ1n) is 7.38. The van der Waals surface area contributed by atoms with Crippen molar-refractivity contribution in [3.63, 3.8) is 0 Å². The molecule has 0 saturated heterocycles. The van der Waals surface area contributed by atoms with E-state index >= 15 is 0 Å². The molecule has 0 unspecified atom stereocenters. The van der Waals surface area contributed by atoms with Crippen LogP contribution in [0.5, 0.6) is 0 Å². The van der Waals surface area contributed by atoms with Gasteiger partial charge in [-0.15, -0.1) is 0 Å². The van der Waals surface area contributed by atoms with E-state index in [0.29, 0.717) is 25.6 Å². The molecule has 2 aromatic heterocycles. The van der Waals surface area contributed by atoms with Gasteiger partial charge in [-0.05, 0) is 26.0 Å². The highest BCUT2D eigenvalue weighted by molar-refractivity contribution is 5.75. The second-order valence-electron chi connectivity index (χ2n) is 4.88. The zero-order chi connectivity index (χ0) is 15.8. The average Bonchev–Trinajstić information content (AvgIpc) is 2.96. The third kappa shape index (κ3) is 5.08. The average molecular weight is 302 g/mol. The lowest BCUT2D eigenvalue weighted by Crippen LogP contribution is -2.31. The van der Waals surface area contributed by atoms with Gasteiger partial charge in [0.2, 0.25) is 11.9 Å². The maximum absolute atomic E-state index is 11.7. The first kappa shape index (κ1) is 15.8. The van der Waals surface area contributed by atoms with Crippen molar-refractivity contribution in [2.24, 2.45) is 0 Å². The maximum atomic E-state index is 11.7. The van der Waals surface area contributed by atoms with Crippen LogP contribution in [0.25, 0.3) is 0 Å². The molecule has 3 N–H and O–H groups in total. The monoisotopic (exact) mass is 302 g/mol. The van der Waals surface area contributed by atoms with Crippen molar-refractivity contribution in [2.75, 3.05) is 30.3 Å². The minimum Gasteiger partial charge on any atom is -0.370 e. The van der Waals surface area contributed by atoms with Crippen LogP contribution in [0.2, 0.25) is 0 Å². The summed E-state index contributed by atoms with van der Waals surface area (Å²) in [5, 5.41) is 9.13. The molecule has 2 rings (SSSR count). The minimum absolute atomic E-state index is 0.0171. The summed E-state index contributed by atoms with van der Waals surface area (Å²) in [5.41, 5.74) is 0.894. The summed E-state index contributed by atoms with van der Waals surface area (Å²) in [5.74, 6) is 1.35. The van der Waals surface area contributed by atoms with Gasteiger partial charge in [-0.3, -0.25) is 4.79 Å². The van der Waals surface area contributed by atoms with Gasteiger partial charge in [0.25, 0.3) is 0 Å². The SMILES string of the molecule is CCNc1cc(C)nc(NCCNC(=O)Cn2cccc2)n1. The predicted molar refractivity (Wildman–Crippen MR) is 86.9 cm³/mol. The number of rotatable bonds is 8. The van der Waals surface area contributed by atoms with Gasteiger partial charge in [0.15, 0.2) is 0 Å². The number of anilines is 2. The molecule has 0 radical (unpaired) electrons. The number of nitrogens with zero attached hydrogens (tertiary/aromatic N) is 3. The van der Waals surface area contributed by atoms with Crippen LogP contribution in [0.15, 0.2) is 30.6 Å². The number of aromatic nitrogens is 3. The van der Waals surface area contributed by atoms with E-state index in [0.717, 1.165) is 18.1 Å². The zero-order valence-electron chi connectivity index (χ0n) is 13.0. The van der Waals surface area contributed by atoms with Gasteiger partial charge in [-0.2, -0.15) is 4.98 Å². The van der Waals surface area contributed by atoms with E-state index in [1.165, 1.54) is 0 Å². The van der Waals surface area contributed by atoms with E-state index in [1.54, 1.807) is 0 Å². The third-order valence-electron chi connectivity index (χ3n) is 2.93. The van der Waals surface area contributed by atoms with E-state index in [9.17, 15) is 4.79 Å². The van der Waals surface area contributed by atoms with E-state index in [4.69, 9.17) is 0 Å². The Morgan fingerprint density at radius 1 is 1.18 bits per heavy atom. The van der Waals surface area contributed by atoms with E-state index in [1.807, 2.05) is 49.0 Å². The Kier molecular flexibility index (Phi) is 5.76. The number of hydrogen-bond acceptors (Lipinski definition) is 5. The Bertz CT molecular complexity index is 596. The van der Waals surface area contributed by atoms with Crippen LogP contribution in [0, 0.1) is 6.92 Å². The van der Waals surface area contributed by atoms with Crippen LogP contribution in [0.1, 0.15) is 12.6 Å². The molecule has 0 fully saturated rings. The number of amides is 1. The smallest absolute Gasteiger partial charge is 0.239 e. The normalized spacial score (nSPS) is 10.3. The molecule has 2 heterocycles. The third-order valence-corrected chi connectivity index (χ3v) is 2.93. The molecule has 0 saturated carbocycles. The van der Waals surface area contributed by atoms with Crippen molar-refractivity contribution in [1.29, 1.82) is 0 Å². The second-order valence-corrected chi connectivity index (χ2v) is 4.88. The zero-order valence-corrected chi connectivity index (χ0v) is 13.0. The Hall–Kier alpha value is -2.57. The largest absolute Gasteiger partial charge is 0.370 e. The van der Waals surface area contributed by atoms with Crippen molar-refractivity contribution in [2.45, 2.75) is 20.4 Å². The van der Waals surface area contributed by atoms with Crippen LogP contribution in [-0.2, 0) is 11.3 Å². The number of carbonyl (C=O) groups is 1. The van der Waals surface area contributed by atoms with Crippen LogP contribution in [-0.4, -0.2) is 40.1 Å². The molecule has 7 heteroatoms. The van der Waals surface area contributed by atoms with Gasteiger partial charge in [-0.1, -0.05) is 0 Å². The van der Waals surface area contributed by atoms with Gasteiger partial charge >= 0.3 is 0 Å². The molecule has 22 heavy (non-hydrogen) atoms. The topological polar surface area (TPSA) is 83.9 Å². The summed E-state index contributed by atoms with van der Waals surface area (Å²) in [6, 6.07) is 5.69. The predicted octanol–water partition coefficient (Wildman–Crippen LogP) is 1.25. The molecule has 0 atom stereocenters. The van der Waals surface area contributed by atoms with Gasteiger partial charge in [0.05, 0.1) is 0 Å². The molecule has 0 aliphatic rings. The summed E-state index contributed by atoms with van der Waals surface area (Å²) in [6.45, 7) is 6.18. The fourth-order valence-corrected chi connectivity index (χ4v) is 1.99. The van der Waals surface area contributed by atoms with Crippen molar-refractivity contribution >= 4 is 17.7 Å². The quantitative estimate of drug-likeness (QED) is 0.639. The van der Waals surface area contributed by atoms with E-state index < -0.39 is 0 Å². The van der Waals surface area contributed by atoms with Crippen molar-refractivity contribution < 1.29 is 4.79 Å². The molecule has 1 amide bonds. The lowest BCUT2D eigenvalue weighted by Gasteiger charge is -2.10. The van der Waals surface area contributed by atoms with E-state index in [2.05, 4.69) is 25.9 Å². The van der Waals surface area contributed by atoms with Crippen LogP contribution in [0.3, 0.4) is 0 Å². The Morgan fingerprint density at radius 2 is 1.95 bits per heavy atom. The summed E-state index contributed by atoms with van der Waals surface area (Å²) < 4.78 is 1.83. The molecular formula is C15H22N6O. The Morgan fingerprint density at radius 3 is 2.68 bits per heavy atom. The number of aryl methyl sites for hydroxylation is 1.